The van der Waals surface area contributed by atoms with Crippen LogP contribution in [0, 0.1) is 0 Å². The Balaban J connectivity index is 1.86. The Bertz CT molecular complexity index is 673. The van der Waals surface area contributed by atoms with Crippen molar-refractivity contribution in [3.63, 3.8) is 0 Å². The maximum atomic E-state index is 12.0. The predicted octanol–water partition coefficient (Wildman–Crippen LogP) is 2.51. The molecule has 0 atom stereocenters. The second-order valence-electron chi connectivity index (χ2n) is 6.27. The molecule has 0 spiro atoms. The summed E-state index contributed by atoms with van der Waals surface area (Å²) in [4.78, 5) is 18.9. The molecule has 0 radical (unpaired) electrons. The van der Waals surface area contributed by atoms with E-state index in [1.807, 2.05) is 31.5 Å². The Kier molecular flexibility index (Phi) is 4.81. The fraction of sp³-hybridized carbons (Fsp3) is 0.529. The highest BCUT2D eigenvalue weighted by Crippen LogP contribution is 2.32. The van der Waals surface area contributed by atoms with Crippen molar-refractivity contribution in [3.05, 3.63) is 30.1 Å². The molecule has 3 rings (SSSR count). The SMILES string of the molecule is CCCNC(=O)Nn1cc(C2CCN(C)CC2)c2ncccc21. The number of pyridine rings is 1. The number of rotatable bonds is 4. The van der Waals surface area contributed by atoms with Crippen LogP contribution in [0.2, 0.25) is 0 Å². The number of carbonyl (C=O) groups is 1. The van der Waals surface area contributed by atoms with Crippen molar-refractivity contribution < 1.29 is 4.79 Å². The molecule has 1 aliphatic rings. The van der Waals surface area contributed by atoms with Gasteiger partial charge in [-0.25, -0.2) is 10.2 Å². The lowest BCUT2D eigenvalue weighted by Gasteiger charge is -2.28. The molecule has 1 saturated heterocycles. The highest BCUT2D eigenvalue weighted by atomic mass is 16.2. The maximum Gasteiger partial charge on any atom is 0.333 e. The Morgan fingerprint density at radius 3 is 2.91 bits per heavy atom. The van der Waals surface area contributed by atoms with E-state index in [-0.39, 0.29) is 6.03 Å². The zero-order chi connectivity index (χ0) is 16.2. The molecule has 2 aromatic rings. The van der Waals surface area contributed by atoms with Crippen molar-refractivity contribution in [1.82, 2.24) is 19.9 Å². The highest BCUT2D eigenvalue weighted by molar-refractivity contribution is 5.86. The molecule has 1 aliphatic heterocycles. The first-order chi connectivity index (χ1) is 11.2. The van der Waals surface area contributed by atoms with Crippen LogP contribution in [0.1, 0.15) is 37.7 Å². The van der Waals surface area contributed by atoms with E-state index in [2.05, 4.69) is 27.7 Å². The summed E-state index contributed by atoms with van der Waals surface area (Å²) >= 11 is 0. The third-order valence-electron chi connectivity index (χ3n) is 4.50. The number of hydrogen-bond acceptors (Lipinski definition) is 3. The number of nitrogens with zero attached hydrogens (tertiary/aromatic N) is 3. The van der Waals surface area contributed by atoms with Crippen LogP contribution in [0.4, 0.5) is 4.79 Å². The average molecular weight is 315 g/mol. The van der Waals surface area contributed by atoms with Crippen LogP contribution in [0.3, 0.4) is 0 Å². The number of amides is 2. The summed E-state index contributed by atoms with van der Waals surface area (Å²) in [6.07, 6.45) is 7.05. The molecule has 0 aromatic carbocycles. The van der Waals surface area contributed by atoms with Crippen molar-refractivity contribution in [2.75, 3.05) is 32.1 Å². The lowest BCUT2D eigenvalue weighted by Crippen LogP contribution is -2.34. The molecular formula is C17H25N5O. The highest BCUT2D eigenvalue weighted by Gasteiger charge is 2.23. The molecule has 0 aliphatic carbocycles. The largest absolute Gasteiger partial charge is 0.337 e. The van der Waals surface area contributed by atoms with Gasteiger partial charge in [-0.15, -0.1) is 0 Å². The van der Waals surface area contributed by atoms with Crippen LogP contribution in [0.15, 0.2) is 24.5 Å². The van der Waals surface area contributed by atoms with Crippen LogP contribution in [0.25, 0.3) is 11.0 Å². The number of urea groups is 1. The van der Waals surface area contributed by atoms with Gasteiger partial charge in [-0.05, 0) is 57.5 Å². The smallest absolute Gasteiger partial charge is 0.333 e. The first-order valence-electron chi connectivity index (χ1n) is 8.38. The topological polar surface area (TPSA) is 62.2 Å². The van der Waals surface area contributed by atoms with Gasteiger partial charge in [0, 0.05) is 24.5 Å². The quantitative estimate of drug-likeness (QED) is 0.911. The molecule has 6 heteroatoms. The van der Waals surface area contributed by atoms with Gasteiger partial charge >= 0.3 is 6.03 Å². The van der Waals surface area contributed by atoms with Crippen molar-refractivity contribution in [1.29, 1.82) is 0 Å². The molecule has 0 bridgehead atoms. The van der Waals surface area contributed by atoms with Crippen LogP contribution in [0.5, 0.6) is 0 Å². The summed E-state index contributed by atoms with van der Waals surface area (Å²) in [5.74, 6) is 0.505. The van der Waals surface area contributed by atoms with Crippen LogP contribution in [-0.4, -0.2) is 47.3 Å². The minimum atomic E-state index is -0.178. The zero-order valence-corrected chi connectivity index (χ0v) is 13.9. The summed E-state index contributed by atoms with van der Waals surface area (Å²) in [5.41, 5.74) is 6.09. The third kappa shape index (κ3) is 3.47. The van der Waals surface area contributed by atoms with Gasteiger partial charge in [-0.2, -0.15) is 0 Å². The molecule has 2 aromatic heterocycles. The van der Waals surface area contributed by atoms with Gasteiger partial charge in [0.15, 0.2) is 0 Å². The monoisotopic (exact) mass is 315 g/mol. The van der Waals surface area contributed by atoms with Gasteiger partial charge in [0.1, 0.15) is 0 Å². The van der Waals surface area contributed by atoms with E-state index in [0.717, 1.165) is 43.4 Å². The number of aromatic nitrogens is 2. The van der Waals surface area contributed by atoms with Gasteiger partial charge in [-0.3, -0.25) is 9.66 Å². The molecule has 0 unspecified atom stereocenters. The minimum Gasteiger partial charge on any atom is -0.337 e. The predicted molar refractivity (Wildman–Crippen MR) is 92.3 cm³/mol. The number of likely N-dealkylation sites (tertiary alicyclic amines) is 1. The summed E-state index contributed by atoms with van der Waals surface area (Å²) in [6.45, 7) is 4.92. The lowest BCUT2D eigenvalue weighted by atomic mass is 9.91. The normalized spacial score (nSPS) is 16.6. The zero-order valence-electron chi connectivity index (χ0n) is 13.9. The number of nitrogens with one attached hydrogen (secondary N) is 2. The molecular weight excluding hydrogens is 290 g/mol. The lowest BCUT2D eigenvalue weighted by molar-refractivity contribution is 0.249. The number of piperidine rings is 1. The Hall–Kier alpha value is -2.08. The molecule has 3 heterocycles. The van der Waals surface area contributed by atoms with Gasteiger partial charge in [0.2, 0.25) is 0 Å². The number of hydrogen-bond donors (Lipinski definition) is 2. The summed E-state index contributed by atoms with van der Waals surface area (Å²) in [5, 5.41) is 2.84. The molecule has 0 saturated carbocycles. The molecule has 2 N–H and O–H groups in total. The van der Waals surface area contributed by atoms with Gasteiger partial charge in [0.05, 0.1) is 11.0 Å². The molecule has 1 fully saturated rings. The fourth-order valence-electron chi connectivity index (χ4n) is 3.18. The van der Waals surface area contributed by atoms with Crippen molar-refractivity contribution in [3.8, 4) is 0 Å². The van der Waals surface area contributed by atoms with E-state index in [1.54, 1.807) is 4.68 Å². The molecule has 124 valence electrons. The maximum absolute atomic E-state index is 12.0. The van der Waals surface area contributed by atoms with E-state index < -0.39 is 0 Å². The summed E-state index contributed by atoms with van der Waals surface area (Å²) in [7, 11) is 2.16. The van der Waals surface area contributed by atoms with Crippen LogP contribution in [-0.2, 0) is 0 Å². The Labute approximate surface area is 136 Å². The molecule has 6 nitrogen and oxygen atoms in total. The van der Waals surface area contributed by atoms with E-state index in [1.165, 1.54) is 5.56 Å². The van der Waals surface area contributed by atoms with Crippen LogP contribution >= 0.6 is 0 Å². The van der Waals surface area contributed by atoms with Crippen LogP contribution < -0.4 is 10.7 Å². The van der Waals surface area contributed by atoms with Gasteiger partial charge in [-0.1, -0.05) is 6.92 Å². The minimum absolute atomic E-state index is 0.178. The van der Waals surface area contributed by atoms with E-state index in [0.29, 0.717) is 12.5 Å². The third-order valence-corrected chi connectivity index (χ3v) is 4.50. The summed E-state index contributed by atoms with van der Waals surface area (Å²) < 4.78 is 1.81. The first-order valence-corrected chi connectivity index (χ1v) is 8.38. The van der Waals surface area contributed by atoms with Crippen molar-refractivity contribution in [2.45, 2.75) is 32.1 Å². The average Bonchev–Trinajstić information content (AvgIpc) is 2.92. The Morgan fingerprint density at radius 2 is 2.17 bits per heavy atom. The second-order valence-corrected chi connectivity index (χ2v) is 6.27. The van der Waals surface area contributed by atoms with Gasteiger partial charge in [0.25, 0.3) is 0 Å². The van der Waals surface area contributed by atoms with Gasteiger partial charge < -0.3 is 10.2 Å². The standard InChI is InChI=1S/C17H25N5O/c1-3-8-19-17(23)20-22-12-14(13-6-10-21(2)11-7-13)16-15(22)5-4-9-18-16/h4-5,9,12-13H,3,6-8,10-11H2,1-2H3,(H2,19,20,23). The second kappa shape index (κ2) is 7.00. The van der Waals surface area contributed by atoms with E-state index in [4.69, 9.17) is 0 Å². The van der Waals surface area contributed by atoms with E-state index in [9.17, 15) is 4.79 Å². The molecule has 23 heavy (non-hydrogen) atoms. The fourth-order valence-corrected chi connectivity index (χ4v) is 3.18. The van der Waals surface area contributed by atoms with Crippen molar-refractivity contribution >= 4 is 17.1 Å². The number of fused-ring (bicyclic) bond motifs is 1. The molecule has 2 amide bonds. The van der Waals surface area contributed by atoms with Crippen molar-refractivity contribution in [2.24, 2.45) is 0 Å². The van der Waals surface area contributed by atoms with E-state index >= 15 is 0 Å². The first kappa shape index (κ1) is 15.8. The number of carbonyl (C=O) groups excluding carboxylic acids is 1. The summed E-state index contributed by atoms with van der Waals surface area (Å²) in [6, 6.07) is 3.73. The Morgan fingerprint density at radius 1 is 1.39 bits per heavy atom.